The van der Waals surface area contributed by atoms with Gasteiger partial charge >= 0.3 is 0 Å². The fourth-order valence-corrected chi connectivity index (χ4v) is 2.79. The van der Waals surface area contributed by atoms with Gasteiger partial charge < -0.3 is 19.3 Å². The molecule has 2 aromatic rings. The summed E-state index contributed by atoms with van der Waals surface area (Å²) in [6.07, 6.45) is 4.00. The summed E-state index contributed by atoms with van der Waals surface area (Å²) in [5.74, 6) is 0.704. The van der Waals surface area contributed by atoms with E-state index in [9.17, 15) is 4.79 Å². The molecule has 2 aromatic heterocycles. The Morgan fingerprint density at radius 1 is 1.48 bits per heavy atom. The summed E-state index contributed by atoms with van der Waals surface area (Å²) in [6, 6.07) is -0.169. The van der Waals surface area contributed by atoms with Crippen LogP contribution in [-0.2, 0) is 27.4 Å². The van der Waals surface area contributed by atoms with Crippen molar-refractivity contribution in [3.8, 4) is 0 Å². The zero-order valence-corrected chi connectivity index (χ0v) is 14.5. The van der Waals surface area contributed by atoms with Crippen molar-refractivity contribution < 1.29 is 18.8 Å². The van der Waals surface area contributed by atoms with Crippen LogP contribution < -0.4 is 5.32 Å². The molecule has 1 aliphatic rings. The number of ether oxygens (including phenoxy) is 2. The molecular formula is C16H23N5O4. The smallest absolute Gasteiger partial charge is 0.222 e. The van der Waals surface area contributed by atoms with Crippen LogP contribution in [0.4, 0.5) is 0 Å². The lowest BCUT2D eigenvalue weighted by atomic mass is 10.1. The number of hydrogen-bond donors (Lipinski definition) is 1. The second-order valence-corrected chi connectivity index (χ2v) is 6.10. The van der Waals surface area contributed by atoms with E-state index in [2.05, 4.69) is 20.6 Å². The molecular weight excluding hydrogens is 326 g/mol. The topological polar surface area (TPSA) is 104 Å². The number of carbonyl (C=O) groups is 1. The van der Waals surface area contributed by atoms with Crippen molar-refractivity contribution in [2.75, 3.05) is 13.2 Å². The third-order valence-corrected chi connectivity index (χ3v) is 4.30. The molecule has 0 aliphatic carbocycles. The van der Waals surface area contributed by atoms with Crippen LogP contribution in [0.25, 0.3) is 0 Å². The Bertz CT molecular complexity index is 665. The van der Waals surface area contributed by atoms with Crippen LogP contribution in [0.15, 0.2) is 17.2 Å². The lowest BCUT2D eigenvalue weighted by Gasteiger charge is -2.32. The van der Waals surface area contributed by atoms with Gasteiger partial charge in [-0.3, -0.25) is 9.48 Å². The lowest BCUT2D eigenvalue weighted by Crippen LogP contribution is -2.50. The van der Waals surface area contributed by atoms with Gasteiger partial charge in [-0.15, -0.1) is 0 Å². The summed E-state index contributed by atoms with van der Waals surface area (Å²) in [7, 11) is 0. The van der Waals surface area contributed by atoms with Crippen molar-refractivity contribution in [3.63, 3.8) is 0 Å². The van der Waals surface area contributed by atoms with Gasteiger partial charge in [0.1, 0.15) is 18.4 Å². The lowest BCUT2D eigenvalue weighted by molar-refractivity contribution is -0.126. The van der Waals surface area contributed by atoms with Crippen LogP contribution in [0.3, 0.4) is 0 Å². The van der Waals surface area contributed by atoms with Crippen LogP contribution in [0.1, 0.15) is 29.9 Å². The van der Waals surface area contributed by atoms with Crippen molar-refractivity contribution in [1.82, 2.24) is 25.2 Å². The van der Waals surface area contributed by atoms with Gasteiger partial charge in [0.15, 0.2) is 0 Å². The molecule has 0 bridgehead atoms. The molecule has 136 valence electrons. The summed E-state index contributed by atoms with van der Waals surface area (Å²) in [5.41, 5.74) is 1.79. The van der Waals surface area contributed by atoms with Crippen LogP contribution >= 0.6 is 0 Å². The Balaban J connectivity index is 1.50. The minimum absolute atomic E-state index is 0.0584. The van der Waals surface area contributed by atoms with E-state index in [1.54, 1.807) is 11.0 Å². The monoisotopic (exact) mass is 349 g/mol. The molecule has 0 saturated carbocycles. The highest BCUT2D eigenvalue weighted by atomic mass is 16.5. The summed E-state index contributed by atoms with van der Waals surface area (Å²) >= 11 is 0. The largest absolute Gasteiger partial charge is 0.379 e. The highest BCUT2D eigenvalue weighted by molar-refractivity contribution is 5.76. The molecule has 1 N–H and O–H groups in total. The van der Waals surface area contributed by atoms with Crippen molar-refractivity contribution in [2.24, 2.45) is 0 Å². The first-order valence-corrected chi connectivity index (χ1v) is 8.36. The zero-order valence-electron chi connectivity index (χ0n) is 14.5. The number of amides is 1. The van der Waals surface area contributed by atoms with Gasteiger partial charge in [0.25, 0.3) is 0 Å². The van der Waals surface area contributed by atoms with E-state index in [1.165, 1.54) is 6.33 Å². The van der Waals surface area contributed by atoms with Gasteiger partial charge in [0.05, 0.1) is 37.6 Å². The maximum absolute atomic E-state index is 12.2. The molecule has 0 aromatic carbocycles. The summed E-state index contributed by atoms with van der Waals surface area (Å²) in [6.45, 7) is 5.73. The number of aromatic nitrogens is 4. The molecule has 9 nitrogen and oxygen atoms in total. The summed E-state index contributed by atoms with van der Waals surface area (Å²) in [4.78, 5) is 16.0. The Kier molecular flexibility index (Phi) is 5.77. The maximum Gasteiger partial charge on any atom is 0.222 e. The molecule has 1 aliphatic heterocycles. The second-order valence-electron chi connectivity index (χ2n) is 6.10. The van der Waals surface area contributed by atoms with Gasteiger partial charge in [-0.1, -0.05) is 5.16 Å². The average Bonchev–Trinajstić information content (AvgIpc) is 3.23. The average molecular weight is 349 g/mol. The predicted octanol–water partition coefficient (Wildman–Crippen LogP) is 0.764. The van der Waals surface area contributed by atoms with E-state index in [4.69, 9.17) is 14.0 Å². The summed E-state index contributed by atoms with van der Waals surface area (Å²) < 4.78 is 18.3. The van der Waals surface area contributed by atoms with E-state index < -0.39 is 0 Å². The molecule has 9 heteroatoms. The van der Waals surface area contributed by atoms with E-state index in [1.807, 2.05) is 13.8 Å². The minimum atomic E-state index is -0.169. The standard InChI is InChI=1S/C16H23N5O4/c1-11-13(12(2)25-20-11)7-24-15-4-6-23-8-14(15)19-16(22)3-5-21-10-17-9-18-21/h9-10,14-15H,3-8H2,1-2H3,(H,19,22)/t14-,15+/m1/s1. The predicted molar refractivity (Wildman–Crippen MR) is 86.6 cm³/mol. The number of carbonyl (C=O) groups excluding carboxylic acids is 1. The Morgan fingerprint density at radius 3 is 3.08 bits per heavy atom. The quantitative estimate of drug-likeness (QED) is 0.787. The van der Waals surface area contributed by atoms with Crippen molar-refractivity contribution in [1.29, 1.82) is 0 Å². The van der Waals surface area contributed by atoms with Crippen LogP contribution in [0.2, 0.25) is 0 Å². The Morgan fingerprint density at radius 2 is 2.36 bits per heavy atom. The Hall–Kier alpha value is -2.26. The van der Waals surface area contributed by atoms with Crippen molar-refractivity contribution in [3.05, 3.63) is 29.7 Å². The van der Waals surface area contributed by atoms with Crippen molar-refractivity contribution >= 4 is 5.91 Å². The minimum Gasteiger partial charge on any atom is -0.379 e. The van der Waals surface area contributed by atoms with Gasteiger partial charge in [-0.05, 0) is 20.3 Å². The van der Waals surface area contributed by atoms with Gasteiger partial charge in [-0.2, -0.15) is 5.10 Å². The molecule has 0 spiro atoms. The molecule has 1 fully saturated rings. The molecule has 1 amide bonds. The second kappa shape index (κ2) is 8.21. The first kappa shape index (κ1) is 17.6. The number of rotatable bonds is 7. The molecule has 1 saturated heterocycles. The highest BCUT2D eigenvalue weighted by Crippen LogP contribution is 2.18. The van der Waals surface area contributed by atoms with Crippen LogP contribution in [0, 0.1) is 13.8 Å². The number of hydrogen-bond acceptors (Lipinski definition) is 7. The van der Waals surface area contributed by atoms with Gasteiger partial charge in [0.2, 0.25) is 5.91 Å². The SMILES string of the molecule is Cc1noc(C)c1CO[C@H]1CCOC[C@H]1NC(=O)CCn1cncn1. The van der Waals surface area contributed by atoms with E-state index in [0.717, 1.165) is 23.4 Å². The third-order valence-electron chi connectivity index (χ3n) is 4.30. The van der Waals surface area contributed by atoms with E-state index in [-0.39, 0.29) is 18.1 Å². The number of nitrogens with one attached hydrogen (secondary N) is 1. The molecule has 3 heterocycles. The molecule has 3 rings (SSSR count). The first-order valence-electron chi connectivity index (χ1n) is 8.36. The Labute approximate surface area is 145 Å². The van der Waals surface area contributed by atoms with Crippen LogP contribution in [0.5, 0.6) is 0 Å². The molecule has 0 radical (unpaired) electrons. The molecule has 2 atom stereocenters. The maximum atomic E-state index is 12.2. The molecule has 0 unspecified atom stereocenters. The van der Waals surface area contributed by atoms with Crippen LogP contribution in [-0.4, -0.2) is 51.2 Å². The fourth-order valence-electron chi connectivity index (χ4n) is 2.79. The van der Waals surface area contributed by atoms with Gasteiger partial charge in [-0.25, -0.2) is 4.98 Å². The zero-order chi connectivity index (χ0) is 17.6. The van der Waals surface area contributed by atoms with Crippen molar-refractivity contribution in [2.45, 2.75) is 52.0 Å². The van der Waals surface area contributed by atoms with E-state index in [0.29, 0.717) is 32.8 Å². The number of nitrogens with zero attached hydrogens (tertiary/aromatic N) is 4. The first-order chi connectivity index (χ1) is 12.1. The molecule has 25 heavy (non-hydrogen) atoms. The fraction of sp³-hybridized carbons (Fsp3) is 0.625. The summed E-state index contributed by atoms with van der Waals surface area (Å²) in [5, 5.41) is 10.9. The van der Waals surface area contributed by atoms with E-state index >= 15 is 0 Å². The van der Waals surface area contributed by atoms with Gasteiger partial charge in [0, 0.05) is 18.6 Å². The number of aryl methyl sites for hydroxylation is 3. The third kappa shape index (κ3) is 4.64. The highest BCUT2D eigenvalue weighted by Gasteiger charge is 2.28. The normalized spacial score (nSPS) is 20.6.